The van der Waals surface area contributed by atoms with Gasteiger partial charge in [-0.15, -0.1) is 0 Å². The average Bonchev–Trinajstić information content (AvgIpc) is 2.54. The van der Waals surface area contributed by atoms with Crippen molar-refractivity contribution in [2.75, 3.05) is 26.2 Å². The molecule has 0 unspecified atom stereocenters. The van der Waals surface area contributed by atoms with Gasteiger partial charge in [-0.25, -0.2) is 0 Å². The number of piperidine rings is 1. The van der Waals surface area contributed by atoms with Gasteiger partial charge in [0.2, 0.25) is 0 Å². The summed E-state index contributed by atoms with van der Waals surface area (Å²) in [4.78, 5) is 2.62. The largest absolute Gasteiger partial charge is 0.330 e. The number of aryl methyl sites for hydroxylation is 1. The molecule has 2 heteroatoms. The third-order valence-electron chi connectivity index (χ3n) is 4.76. The van der Waals surface area contributed by atoms with E-state index in [2.05, 4.69) is 36.1 Å². The van der Waals surface area contributed by atoms with E-state index in [1.165, 1.54) is 70.1 Å². The Labute approximate surface area is 130 Å². The number of nitrogens with zero attached hydrogens (tertiary/aromatic N) is 1. The number of unbranched alkanes of at least 4 members (excludes halogenated alkanes) is 2. The predicted molar refractivity (Wildman–Crippen MR) is 91.8 cm³/mol. The Hall–Kier alpha value is -0.860. The molecule has 0 atom stereocenters. The molecule has 1 saturated heterocycles. The van der Waals surface area contributed by atoms with Crippen LogP contribution in [0.2, 0.25) is 0 Å². The molecule has 1 aromatic rings. The van der Waals surface area contributed by atoms with E-state index in [0.717, 1.165) is 12.5 Å². The fourth-order valence-electron chi connectivity index (χ4n) is 3.35. The molecule has 1 aliphatic rings. The van der Waals surface area contributed by atoms with Crippen LogP contribution in [0.15, 0.2) is 24.3 Å². The van der Waals surface area contributed by atoms with Gasteiger partial charge in [0.1, 0.15) is 0 Å². The first-order valence-electron chi connectivity index (χ1n) is 8.84. The summed E-state index contributed by atoms with van der Waals surface area (Å²) in [6.07, 6.45) is 8.89. The second-order valence-electron chi connectivity index (χ2n) is 6.46. The molecule has 0 aliphatic carbocycles. The van der Waals surface area contributed by atoms with Crippen molar-refractivity contribution in [2.45, 2.75) is 57.8 Å². The number of nitrogens with two attached hydrogens (primary N) is 1. The topological polar surface area (TPSA) is 29.3 Å². The summed E-state index contributed by atoms with van der Waals surface area (Å²) in [7, 11) is 0. The zero-order chi connectivity index (χ0) is 14.9. The van der Waals surface area contributed by atoms with E-state index in [1.807, 2.05) is 0 Å². The van der Waals surface area contributed by atoms with E-state index in [-0.39, 0.29) is 0 Å². The molecule has 0 amide bonds. The molecule has 2 N–H and O–H groups in total. The highest BCUT2D eigenvalue weighted by Gasteiger charge is 2.20. The van der Waals surface area contributed by atoms with Gasteiger partial charge in [0.15, 0.2) is 0 Å². The Kier molecular flexibility index (Phi) is 7.25. The van der Waals surface area contributed by atoms with Crippen molar-refractivity contribution in [2.24, 2.45) is 5.73 Å². The van der Waals surface area contributed by atoms with E-state index in [9.17, 15) is 0 Å². The van der Waals surface area contributed by atoms with E-state index >= 15 is 0 Å². The minimum atomic E-state index is 0.775. The van der Waals surface area contributed by atoms with Gasteiger partial charge in [-0.05, 0) is 81.7 Å². The molecule has 0 bridgehead atoms. The molecule has 2 rings (SSSR count). The second-order valence-corrected chi connectivity index (χ2v) is 6.46. The number of benzene rings is 1. The maximum Gasteiger partial charge on any atom is -0.00129 e. The van der Waals surface area contributed by atoms with Crippen molar-refractivity contribution < 1.29 is 0 Å². The summed E-state index contributed by atoms with van der Waals surface area (Å²) in [5, 5.41) is 0. The standard InChI is InChI=1S/C19H32N2/c1-2-3-7-17-8-6-9-19(16-17)18-10-14-21(15-11-18)13-5-4-12-20/h6,8-9,16,18H,2-5,7,10-15,20H2,1H3. The lowest BCUT2D eigenvalue weighted by Crippen LogP contribution is -2.33. The Balaban J connectivity index is 1.81. The fourth-order valence-corrected chi connectivity index (χ4v) is 3.35. The molecule has 118 valence electrons. The van der Waals surface area contributed by atoms with E-state index in [0.29, 0.717) is 0 Å². The summed E-state index contributed by atoms with van der Waals surface area (Å²) in [5.41, 5.74) is 8.67. The Morgan fingerprint density at radius 2 is 1.95 bits per heavy atom. The fraction of sp³-hybridized carbons (Fsp3) is 0.684. The summed E-state index contributed by atoms with van der Waals surface area (Å²) < 4.78 is 0. The molecule has 0 spiro atoms. The van der Waals surface area contributed by atoms with Crippen LogP contribution in [-0.4, -0.2) is 31.1 Å². The lowest BCUT2D eigenvalue weighted by Gasteiger charge is -2.32. The highest BCUT2D eigenvalue weighted by Crippen LogP contribution is 2.28. The van der Waals surface area contributed by atoms with Crippen LogP contribution >= 0.6 is 0 Å². The van der Waals surface area contributed by atoms with Gasteiger partial charge in [0, 0.05) is 0 Å². The molecule has 0 radical (unpaired) electrons. The van der Waals surface area contributed by atoms with Crippen LogP contribution in [0.1, 0.15) is 62.5 Å². The van der Waals surface area contributed by atoms with Crippen molar-refractivity contribution in [3.63, 3.8) is 0 Å². The molecular formula is C19H32N2. The van der Waals surface area contributed by atoms with Crippen LogP contribution in [0.5, 0.6) is 0 Å². The number of likely N-dealkylation sites (tertiary alicyclic amines) is 1. The molecule has 1 fully saturated rings. The van der Waals surface area contributed by atoms with Crippen LogP contribution in [0.4, 0.5) is 0 Å². The normalized spacial score (nSPS) is 17.2. The van der Waals surface area contributed by atoms with Gasteiger partial charge in [0.25, 0.3) is 0 Å². The average molecular weight is 288 g/mol. The summed E-state index contributed by atoms with van der Waals surface area (Å²) in [5.74, 6) is 0.775. The molecule has 0 aromatic heterocycles. The van der Waals surface area contributed by atoms with Crippen LogP contribution < -0.4 is 5.73 Å². The first-order chi connectivity index (χ1) is 10.3. The maximum absolute atomic E-state index is 5.57. The van der Waals surface area contributed by atoms with Crippen LogP contribution in [0.25, 0.3) is 0 Å². The Morgan fingerprint density at radius 1 is 1.14 bits per heavy atom. The van der Waals surface area contributed by atoms with E-state index in [1.54, 1.807) is 5.56 Å². The van der Waals surface area contributed by atoms with Crippen molar-refractivity contribution in [3.8, 4) is 0 Å². The monoisotopic (exact) mass is 288 g/mol. The molecular weight excluding hydrogens is 256 g/mol. The third-order valence-corrected chi connectivity index (χ3v) is 4.76. The molecule has 1 aliphatic heterocycles. The van der Waals surface area contributed by atoms with Gasteiger partial charge >= 0.3 is 0 Å². The SMILES string of the molecule is CCCCc1cccc(C2CCN(CCCCN)CC2)c1. The number of hydrogen-bond donors (Lipinski definition) is 1. The number of hydrogen-bond acceptors (Lipinski definition) is 2. The van der Waals surface area contributed by atoms with Gasteiger partial charge < -0.3 is 10.6 Å². The van der Waals surface area contributed by atoms with E-state index in [4.69, 9.17) is 5.73 Å². The molecule has 0 saturated carbocycles. The number of rotatable bonds is 8. The zero-order valence-corrected chi connectivity index (χ0v) is 13.7. The first-order valence-corrected chi connectivity index (χ1v) is 8.84. The second kappa shape index (κ2) is 9.22. The lowest BCUT2D eigenvalue weighted by atomic mass is 9.88. The van der Waals surface area contributed by atoms with Gasteiger partial charge in [-0.3, -0.25) is 0 Å². The van der Waals surface area contributed by atoms with Gasteiger partial charge in [-0.2, -0.15) is 0 Å². The maximum atomic E-state index is 5.57. The lowest BCUT2D eigenvalue weighted by molar-refractivity contribution is 0.209. The zero-order valence-electron chi connectivity index (χ0n) is 13.7. The summed E-state index contributed by atoms with van der Waals surface area (Å²) >= 11 is 0. The highest BCUT2D eigenvalue weighted by atomic mass is 15.1. The minimum Gasteiger partial charge on any atom is -0.330 e. The molecule has 1 heterocycles. The Bertz CT molecular complexity index is 394. The van der Waals surface area contributed by atoms with Crippen LogP contribution in [0, 0.1) is 0 Å². The van der Waals surface area contributed by atoms with Crippen molar-refractivity contribution in [1.82, 2.24) is 4.90 Å². The summed E-state index contributed by atoms with van der Waals surface area (Å²) in [6, 6.07) is 9.35. The van der Waals surface area contributed by atoms with Crippen molar-refractivity contribution in [3.05, 3.63) is 35.4 Å². The van der Waals surface area contributed by atoms with Gasteiger partial charge in [0.05, 0.1) is 0 Å². The highest BCUT2D eigenvalue weighted by molar-refractivity contribution is 5.27. The quantitative estimate of drug-likeness (QED) is 0.734. The Morgan fingerprint density at radius 3 is 2.67 bits per heavy atom. The van der Waals surface area contributed by atoms with Crippen molar-refractivity contribution in [1.29, 1.82) is 0 Å². The summed E-state index contributed by atoms with van der Waals surface area (Å²) in [6.45, 7) is 6.86. The van der Waals surface area contributed by atoms with Crippen LogP contribution in [0.3, 0.4) is 0 Å². The van der Waals surface area contributed by atoms with Crippen LogP contribution in [-0.2, 0) is 6.42 Å². The van der Waals surface area contributed by atoms with E-state index < -0.39 is 0 Å². The molecule has 1 aromatic carbocycles. The van der Waals surface area contributed by atoms with Crippen molar-refractivity contribution >= 4 is 0 Å². The minimum absolute atomic E-state index is 0.775. The molecule has 21 heavy (non-hydrogen) atoms. The third kappa shape index (κ3) is 5.44. The molecule has 2 nitrogen and oxygen atoms in total. The van der Waals surface area contributed by atoms with Gasteiger partial charge in [-0.1, -0.05) is 37.6 Å². The first kappa shape index (κ1) is 16.5. The smallest absolute Gasteiger partial charge is 0.00129 e. The predicted octanol–water partition coefficient (Wildman–Crippen LogP) is 3.95.